The van der Waals surface area contributed by atoms with Crippen molar-refractivity contribution in [3.05, 3.63) is 47.8 Å². The van der Waals surface area contributed by atoms with Crippen molar-refractivity contribution in [2.75, 3.05) is 13.7 Å². The van der Waals surface area contributed by atoms with E-state index in [1.807, 2.05) is 24.7 Å². The first-order valence-electron chi connectivity index (χ1n) is 6.65. The van der Waals surface area contributed by atoms with E-state index in [4.69, 9.17) is 4.74 Å². The van der Waals surface area contributed by atoms with Crippen molar-refractivity contribution in [1.82, 2.24) is 14.9 Å². The molecule has 0 fully saturated rings. The summed E-state index contributed by atoms with van der Waals surface area (Å²) in [5, 5.41) is 3.40. The molecule has 1 atom stereocenters. The molecule has 0 aliphatic carbocycles. The van der Waals surface area contributed by atoms with Crippen LogP contribution in [0.4, 0.5) is 4.39 Å². The number of aromatic nitrogens is 2. The van der Waals surface area contributed by atoms with Gasteiger partial charge in [-0.3, -0.25) is 0 Å². The summed E-state index contributed by atoms with van der Waals surface area (Å²) in [4.78, 5) is 4.28. The SMILES string of the molecule is COc1cc(C(C)NCCc2nccn2C)ccc1F. The van der Waals surface area contributed by atoms with Crippen LogP contribution in [0.3, 0.4) is 0 Å². The molecule has 0 saturated carbocycles. The van der Waals surface area contributed by atoms with Gasteiger partial charge in [-0.25, -0.2) is 9.37 Å². The molecule has 0 saturated heterocycles. The topological polar surface area (TPSA) is 39.1 Å². The molecule has 108 valence electrons. The van der Waals surface area contributed by atoms with Crippen LogP contribution in [0.15, 0.2) is 30.6 Å². The molecule has 2 aromatic rings. The fraction of sp³-hybridized carbons (Fsp3) is 0.400. The highest BCUT2D eigenvalue weighted by Crippen LogP contribution is 2.22. The van der Waals surface area contributed by atoms with Crippen molar-refractivity contribution in [2.45, 2.75) is 19.4 Å². The summed E-state index contributed by atoms with van der Waals surface area (Å²) in [7, 11) is 3.46. The largest absolute Gasteiger partial charge is 0.494 e. The molecule has 20 heavy (non-hydrogen) atoms. The van der Waals surface area contributed by atoms with Gasteiger partial charge in [-0.1, -0.05) is 6.07 Å². The summed E-state index contributed by atoms with van der Waals surface area (Å²) in [6, 6.07) is 5.07. The Bertz CT molecular complexity index is 568. The Kier molecular flexibility index (Phi) is 4.74. The summed E-state index contributed by atoms with van der Waals surface area (Å²) in [5.74, 6) is 0.984. The van der Waals surface area contributed by atoms with Gasteiger partial charge in [-0.05, 0) is 24.6 Å². The Balaban J connectivity index is 1.91. The highest BCUT2D eigenvalue weighted by atomic mass is 19.1. The smallest absolute Gasteiger partial charge is 0.165 e. The molecule has 1 aromatic heterocycles. The van der Waals surface area contributed by atoms with Gasteiger partial charge in [0.15, 0.2) is 11.6 Å². The van der Waals surface area contributed by atoms with Crippen LogP contribution in [0.1, 0.15) is 24.4 Å². The molecule has 0 aliphatic rings. The van der Waals surface area contributed by atoms with E-state index in [2.05, 4.69) is 10.3 Å². The highest BCUT2D eigenvalue weighted by Gasteiger charge is 2.09. The Morgan fingerprint density at radius 1 is 1.45 bits per heavy atom. The van der Waals surface area contributed by atoms with Gasteiger partial charge in [-0.2, -0.15) is 0 Å². The lowest BCUT2D eigenvalue weighted by Gasteiger charge is -2.15. The fourth-order valence-corrected chi connectivity index (χ4v) is 2.10. The van der Waals surface area contributed by atoms with E-state index in [1.165, 1.54) is 13.2 Å². The van der Waals surface area contributed by atoms with Gasteiger partial charge >= 0.3 is 0 Å². The number of hydrogen-bond acceptors (Lipinski definition) is 3. The summed E-state index contributed by atoms with van der Waals surface area (Å²) in [5.41, 5.74) is 1.00. The molecule has 1 aromatic carbocycles. The van der Waals surface area contributed by atoms with Gasteiger partial charge in [0.2, 0.25) is 0 Å². The quantitative estimate of drug-likeness (QED) is 0.881. The van der Waals surface area contributed by atoms with Crippen LogP contribution >= 0.6 is 0 Å². The number of aryl methyl sites for hydroxylation is 1. The van der Waals surface area contributed by atoms with Gasteiger partial charge in [0.1, 0.15) is 5.82 Å². The number of rotatable bonds is 6. The second kappa shape index (κ2) is 6.52. The van der Waals surface area contributed by atoms with E-state index < -0.39 is 0 Å². The van der Waals surface area contributed by atoms with Gasteiger partial charge < -0.3 is 14.6 Å². The Hall–Kier alpha value is -1.88. The summed E-state index contributed by atoms with van der Waals surface area (Å²) >= 11 is 0. The van der Waals surface area contributed by atoms with Gasteiger partial charge in [-0.15, -0.1) is 0 Å². The molecular formula is C15H20FN3O. The number of hydrogen-bond donors (Lipinski definition) is 1. The first kappa shape index (κ1) is 14.5. The molecule has 0 aliphatic heterocycles. The van der Waals surface area contributed by atoms with Gasteiger partial charge in [0, 0.05) is 38.4 Å². The number of methoxy groups -OCH3 is 1. The predicted octanol–water partition coefficient (Wildman–Crippen LogP) is 2.46. The van der Waals surface area contributed by atoms with Crippen molar-refractivity contribution in [3.8, 4) is 5.75 Å². The van der Waals surface area contributed by atoms with Crippen molar-refractivity contribution in [3.63, 3.8) is 0 Å². The lowest BCUT2D eigenvalue weighted by atomic mass is 10.1. The van der Waals surface area contributed by atoms with Crippen LogP contribution in [0.5, 0.6) is 5.75 Å². The molecule has 0 amide bonds. The van der Waals surface area contributed by atoms with Gasteiger partial charge in [0.05, 0.1) is 7.11 Å². The average molecular weight is 277 g/mol. The monoisotopic (exact) mass is 277 g/mol. The summed E-state index contributed by atoms with van der Waals surface area (Å²) in [6.07, 6.45) is 4.58. The van der Waals surface area contributed by atoms with Crippen molar-refractivity contribution in [1.29, 1.82) is 0 Å². The number of nitrogens with one attached hydrogen (secondary N) is 1. The van der Waals surface area contributed by atoms with Crippen LogP contribution in [-0.2, 0) is 13.5 Å². The molecule has 0 spiro atoms. The number of nitrogens with zero attached hydrogens (tertiary/aromatic N) is 2. The average Bonchev–Trinajstić information content (AvgIpc) is 2.85. The van der Waals surface area contributed by atoms with Crippen LogP contribution in [0, 0.1) is 5.82 Å². The maximum atomic E-state index is 13.4. The van der Waals surface area contributed by atoms with Gasteiger partial charge in [0.25, 0.3) is 0 Å². The lowest BCUT2D eigenvalue weighted by Crippen LogP contribution is -2.22. The van der Waals surface area contributed by atoms with E-state index in [0.717, 1.165) is 24.4 Å². The molecule has 2 rings (SSSR count). The Morgan fingerprint density at radius 3 is 2.90 bits per heavy atom. The molecular weight excluding hydrogens is 257 g/mol. The third-order valence-electron chi connectivity index (χ3n) is 3.40. The second-order valence-corrected chi connectivity index (χ2v) is 4.77. The zero-order valence-electron chi connectivity index (χ0n) is 12.1. The Labute approximate surface area is 118 Å². The molecule has 1 heterocycles. The third kappa shape index (κ3) is 3.36. The third-order valence-corrected chi connectivity index (χ3v) is 3.40. The zero-order chi connectivity index (χ0) is 14.5. The first-order valence-corrected chi connectivity index (χ1v) is 6.65. The number of imidazole rings is 1. The van der Waals surface area contributed by atoms with E-state index in [9.17, 15) is 4.39 Å². The van der Waals surface area contributed by atoms with E-state index in [0.29, 0.717) is 0 Å². The maximum absolute atomic E-state index is 13.4. The zero-order valence-corrected chi connectivity index (χ0v) is 12.1. The summed E-state index contributed by atoms with van der Waals surface area (Å²) in [6.45, 7) is 2.86. The number of benzene rings is 1. The first-order chi connectivity index (χ1) is 9.61. The highest BCUT2D eigenvalue weighted by molar-refractivity contribution is 5.31. The normalized spacial score (nSPS) is 12.4. The fourth-order valence-electron chi connectivity index (χ4n) is 2.10. The standard InChI is InChI=1S/C15H20FN3O/c1-11(12-4-5-13(16)14(10-12)20-3)17-7-6-15-18-8-9-19(15)2/h4-5,8-11,17H,6-7H2,1-3H3. The van der Waals surface area contributed by atoms with Crippen LogP contribution in [0.25, 0.3) is 0 Å². The van der Waals surface area contributed by atoms with Crippen LogP contribution in [-0.4, -0.2) is 23.2 Å². The minimum Gasteiger partial charge on any atom is -0.494 e. The maximum Gasteiger partial charge on any atom is 0.165 e. The van der Waals surface area contributed by atoms with Crippen LogP contribution < -0.4 is 10.1 Å². The van der Waals surface area contributed by atoms with E-state index in [-0.39, 0.29) is 17.6 Å². The molecule has 5 heteroatoms. The second-order valence-electron chi connectivity index (χ2n) is 4.77. The molecule has 1 N–H and O–H groups in total. The lowest BCUT2D eigenvalue weighted by molar-refractivity contribution is 0.385. The van der Waals surface area contributed by atoms with Crippen molar-refractivity contribution < 1.29 is 9.13 Å². The van der Waals surface area contributed by atoms with Crippen LogP contribution in [0.2, 0.25) is 0 Å². The van der Waals surface area contributed by atoms with E-state index >= 15 is 0 Å². The van der Waals surface area contributed by atoms with Crippen molar-refractivity contribution in [2.24, 2.45) is 7.05 Å². The minimum atomic E-state index is -0.337. The molecule has 0 bridgehead atoms. The molecule has 1 unspecified atom stereocenters. The minimum absolute atomic E-state index is 0.129. The summed E-state index contributed by atoms with van der Waals surface area (Å²) < 4.78 is 20.4. The van der Waals surface area contributed by atoms with E-state index in [1.54, 1.807) is 18.3 Å². The molecule has 4 nitrogen and oxygen atoms in total. The molecule has 0 radical (unpaired) electrons. The number of ether oxygens (including phenoxy) is 1. The number of halogens is 1. The predicted molar refractivity (Wildman–Crippen MR) is 76.3 cm³/mol. The van der Waals surface area contributed by atoms with Crippen molar-refractivity contribution >= 4 is 0 Å². The Morgan fingerprint density at radius 2 is 2.25 bits per heavy atom.